The van der Waals surface area contributed by atoms with Crippen molar-refractivity contribution in [3.05, 3.63) is 17.2 Å². The van der Waals surface area contributed by atoms with Crippen molar-refractivity contribution in [1.82, 2.24) is 0 Å². The van der Waals surface area contributed by atoms with E-state index in [1.54, 1.807) is 13.2 Å². The van der Waals surface area contributed by atoms with Crippen LogP contribution in [0.4, 0.5) is 0 Å². The van der Waals surface area contributed by atoms with E-state index in [2.05, 4.69) is 0 Å². The van der Waals surface area contributed by atoms with Crippen LogP contribution in [0.2, 0.25) is 0 Å². The minimum atomic E-state index is -0.369. The van der Waals surface area contributed by atoms with E-state index in [9.17, 15) is 4.79 Å². The van der Waals surface area contributed by atoms with Crippen molar-refractivity contribution < 1.29 is 23.7 Å². The molecule has 0 aromatic heterocycles. The summed E-state index contributed by atoms with van der Waals surface area (Å²) < 4.78 is 21.3. The maximum absolute atomic E-state index is 12.0. The number of esters is 1. The molecule has 0 amide bonds. The second kappa shape index (κ2) is 5.38. The molecule has 0 radical (unpaired) electrons. The van der Waals surface area contributed by atoms with E-state index < -0.39 is 0 Å². The average molecular weight is 266 g/mol. The standard InChI is InChI=1S/C14H18O5/c1-5-6-9-8-7-10(16-2)12(17-3)13(18-4)11(8)14(15)19-9/h7,9H,5-6H2,1-4H3. The highest BCUT2D eigenvalue weighted by atomic mass is 16.6. The van der Waals surface area contributed by atoms with Gasteiger partial charge in [0, 0.05) is 5.56 Å². The summed E-state index contributed by atoms with van der Waals surface area (Å²) in [5.74, 6) is 0.960. The molecule has 5 heteroatoms. The second-order valence-electron chi connectivity index (χ2n) is 4.29. The molecule has 0 spiro atoms. The third-order valence-corrected chi connectivity index (χ3v) is 3.21. The quantitative estimate of drug-likeness (QED) is 0.767. The molecule has 1 aromatic rings. The zero-order valence-electron chi connectivity index (χ0n) is 11.6. The Morgan fingerprint density at radius 1 is 1.16 bits per heavy atom. The number of benzene rings is 1. The Bertz CT molecular complexity index is 495. The van der Waals surface area contributed by atoms with E-state index in [1.807, 2.05) is 6.92 Å². The molecule has 0 bridgehead atoms. The molecule has 1 atom stereocenters. The van der Waals surface area contributed by atoms with Crippen LogP contribution in [0.15, 0.2) is 6.07 Å². The first kappa shape index (κ1) is 13.5. The van der Waals surface area contributed by atoms with Gasteiger partial charge >= 0.3 is 5.97 Å². The van der Waals surface area contributed by atoms with Crippen molar-refractivity contribution in [3.8, 4) is 17.2 Å². The minimum absolute atomic E-state index is 0.235. The number of cyclic esters (lactones) is 1. The van der Waals surface area contributed by atoms with Gasteiger partial charge in [0.1, 0.15) is 11.7 Å². The highest BCUT2D eigenvalue weighted by Gasteiger charge is 2.37. The van der Waals surface area contributed by atoms with Crippen molar-refractivity contribution in [2.45, 2.75) is 25.9 Å². The van der Waals surface area contributed by atoms with Crippen LogP contribution < -0.4 is 14.2 Å². The van der Waals surface area contributed by atoms with Crippen molar-refractivity contribution in [2.75, 3.05) is 21.3 Å². The number of rotatable bonds is 5. The van der Waals surface area contributed by atoms with Crippen molar-refractivity contribution in [1.29, 1.82) is 0 Å². The third kappa shape index (κ3) is 2.09. The summed E-state index contributed by atoms with van der Waals surface area (Å²) in [6, 6.07) is 1.79. The molecule has 2 rings (SSSR count). The van der Waals surface area contributed by atoms with Crippen LogP contribution >= 0.6 is 0 Å². The van der Waals surface area contributed by atoms with Crippen LogP contribution in [-0.4, -0.2) is 27.3 Å². The zero-order chi connectivity index (χ0) is 14.0. The summed E-state index contributed by atoms with van der Waals surface area (Å²) in [4.78, 5) is 12.0. The Morgan fingerprint density at radius 2 is 1.84 bits per heavy atom. The molecule has 0 aliphatic carbocycles. The third-order valence-electron chi connectivity index (χ3n) is 3.21. The molecular formula is C14H18O5. The van der Waals surface area contributed by atoms with Gasteiger partial charge in [-0.05, 0) is 12.5 Å². The maximum atomic E-state index is 12.0. The first-order valence-electron chi connectivity index (χ1n) is 6.21. The summed E-state index contributed by atoms with van der Waals surface area (Å²) in [6.45, 7) is 2.05. The number of carbonyl (C=O) groups is 1. The fourth-order valence-electron chi connectivity index (χ4n) is 2.37. The Labute approximate surface area is 112 Å². The summed E-state index contributed by atoms with van der Waals surface area (Å²) >= 11 is 0. The van der Waals surface area contributed by atoms with Gasteiger partial charge in [-0.3, -0.25) is 0 Å². The first-order valence-corrected chi connectivity index (χ1v) is 6.21. The van der Waals surface area contributed by atoms with E-state index in [-0.39, 0.29) is 12.1 Å². The van der Waals surface area contributed by atoms with Gasteiger partial charge in [-0.25, -0.2) is 4.79 Å². The molecule has 1 aliphatic heterocycles. The number of methoxy groups -OCH3 is 3. The molecule has 19 heavy (non-hydrogen) atoms. The van der Waals surface area contributed by atoms with E-state index >= 15 is 0 Å². The Hall–Kier alpha value is -1.91. The molecule has 1 unspecified atom stereocenters. The summed E-state index contributed by atoms with van der Waals surface area (Å²) in [6.07, 6.45) is 1.46. The summed E-state index contributed by atoms with van der Waals surface area (Å²) in [5, 5.41) is 0. The smallest absolute Gasteiger partial charge is 0.343 e. The normalized spacial score (nSPS) is 16.8. The van der Waals surface area contributed by atoms with Crippen molar-refractivity contribution >= 4 is 5.97 Å². The van der Waals surface area contributed by atoms with Crippen LogP contribution in [0.1, 0.15) is 41.8 Å². The van der Waals surface area contributed by atoms with Crippen LogP contribution in [0, 0.1) is 0 Å². The number of carbonyl (C=O) groups excluding carboxylic acids is 1. The van der Waals surface area contributed by atoms with Crippen LogP contribution in [0.3, 0.4) is 0 Å². The molecule has 1 aliphatic rings. The van der Waals surface area contributed by atoms with E-state index in [4.69, 9.17) is 18.9 Å². The molecule has 104 valence electrons. The van der Waals surface area contributed by atoms with E-state index in [0.717, 1.165) is 18.4 Å². The average Bonchev–Trinajstić information content (AvgIpc) is 2.73. The van der Waals surface area contributed by atoms with Crippen molar-refractivity contribution in [2.24, 2.45) is 0 Å². The predicted molar refractivity (Wildman–Crippen MR) is 69.2 cm³/mol. The second-order valence-corrected chi connectivity index (χ2v) is 4.29. The Kier molecular flexibility index (Phi) is 3.83. The highest BCUT2D eigenvalue weighted by molar-refractivity contribution is 5.98. The van der Waals surface area contributed by atoms with E-state index in [1.165, 1.54) is 14.2 Å². The lowest BCUT2D eigenvalue weighted by molar-refractivity contribution is 0.0365. The van der Waals surface area contributed by atoms with E-state index in [0.29, 0.717) is 22.8 Å². The largest absolute Gasteiger partial charge is 0.493 e. The topological polar surface area (TPSA) is 54.0 Å². The lowest BCUT2D eigenvalue weighted by atomic mass is 10.00. The highest BCUT2D eigenvalue weighted by Crippen LogP contribution is 2.48. The zero-order valence-corrected chi connectivity index (χ0v) is 11.6. The molecule has 0 saturated carbocycles. The number of fused-ring (bicyclic) bond motifs is 1. The van der Waals surface area contributed by atoms with Gasteiger partial charge < -0.3 is 18.9 Å². The van der Waals surface area contributed by atoms with Crippen LogP contribution in [0.5, 0.6) is 17.2 Å². The number of ether oxygens (including phenoxy) is 4. The number of hydrogen-bond donors (Lipinski definition) is 0. The molecule has 0 fully saturated rings. The molecule has 0 N–H and O–H groups in total. The van der Waals surface area contributed by atoms with Gasteiger partial charge in [-0.2, -0.15) is 0 Å². The SMILES string of the molecule is CCCC1OC(=O)c2c1cc(OC)c(OC)c2OC. The molecule has 1 heterocycles. The maximum Gasteiger partial charge on any atom is 0.343 e. The van der Waals surface area contributed by atoms with Gasteiger partial charge in [-0.15, -0.1) is 0 Å². The fourth-order valence-corrected chi connectivity index (χ4v) is 2.37. The Balaban J connectivity index is 2.63. The van der Waals surface area contributed by atoms with Gasteiger partial charge in [0.2, 0.25) is 5.75 Å². The molecule has 0 saturated heterocycles. The van der Waals surface area contributed by atoms with Gasteiger partial charge in [-0.1, -0.05) is 13.3 Å². The fraction of sp³-hybridized carbons (Fsp3) is 0.500. The predicted octanol–water partition coefficient (Wildman–Crippen LogP) is 2.72. The lowest BCUT2D eigenvalue weighted by Gasteiger charge is -2.15. The van der Waals surface area contributed by atoms with Crippen molar-refractivity contribution in [3.63, 3.8) is 0 Å². The molecule has 1 aromatic carbocycles. The van der Waals surface area contributed by atoms with Gasteiger partial charge in [0.25, 0.3) is 0 Å². The lowest BCUT2D eigenvalue weighted by Crippen LogP contribution is -2.02. The Morgan fingerprint density at radius 3 is 2.37 bits per heavy atom. The summed E-state index contributed by atoms with van der Waals surface area (Å²) in [7, 11) is 4.56. The minimum Gasteiger partial charge on any atom is -0.493 e. The summed E-state index contributed by atoms with van der Waals surface area (Å²) in [5.41, 5.74) is 1.25. The monoisotopic (exact) mass is 266 g/mol. The number of hydrogen-bond acceptors (Lipinski definition) is 5. The van der Waals surface area contributed by atoms with Crippen LogP contribution in [0.25, 0.3) is 0 Å². The molecular weight excluding hydrogens is 248 g/mol. The van der Waals surface area contributed by atoms with Crippen LogP contribution in [-0.2, 0) is 4.74 Å². The first-order chi connectivity index (χ1) is 9.17. The molecule has 5 nitrogen and oxygen atoms in total. The van der Waals surface area contributed by atoms with Gasteiger partial charge in [0.05, 0.1) is 21.3 Å². The van der Waals surface area contributed by atoms with Gasteiger partial charge in [0.15, 0.2) is 11.5 Å².